The van der Waals surface area contributed by atoms with Crippen LogP contribution >= 0.6 is 11.6 Å². The fraction of sp³-hybridized carbons (Fsp3) is 0.219. The van der Waals surface area contributed by atoms with Gasteiger partial charge in [0.25, 0.3) is 5.91 Å². The molecule has 2 aliphatic heterocycles. The molecule has 0 saturated heterocycles. The maximum absolute atomic E-state index is 14.9. The van der Waals surface area contributed by atoms with Crippen LogP contribution in [0.2, 0.25) is 5.02 Å². The van der Waals surface area contributed by atoms with Crippen LogP contribution in [-0.4, -0.2) is 51.1 Å². The van der Waals surface area contributed by atoms with Gasteiger partial charge in [-0.15, -0.1) is 0 Å². The highest BCUT2D eigenvalue weighted by molar-refractivity contribution is 6.34. The van der Waals surface area contributed by atoms with E-state index in [4.69, 9.17) is 11.6 Å². The molecule has 13 nitrogen and oxygen atoms in total. The number of halogens is 4. The first-order valence-electron chi connectivity index (χ1n) is 15.1. The Morgan fingerprint density at radius 3 is 2.65 bits per heavy atom. The van der Waals surface area contributed by atoms with Gasteiger partial charge in [0, 0.05) is 48.9 Å². The molecule has 0 unspecified atom stereocenters. The van der Waals surface area contributed by atoms with Crippen molar-refractivity contribution in [1.29, 1.82) is 0 Å². The number of aryl methyl sites for hydroxylation is 3. The predicted octanol–water partition coefficient (Wildman–Crippen LogP) is 3.32. The van der Waals surface area contributed by atoms with Crippen LogP contribution in [0.3, 0.4) is 0 Å². The van der Waals surface area contributed by atoms with E-state index < -0.39 is 35.4 Å². The topological polar surface area (TPSA) is 147 Å². The number of fused-ring (bicyclic) bond motifs is 7. The lowest BCUT2D eigenvalue weighted by atomic mass is 10.0. The number of aromatic nitrogens is 8. The lowest BCUT2D eigenvalue weighted by molar-refractivity contribution is 0.0954. The lowest BCUT2D eigenvalue weighted by Gasteiger charge is -2.19. The van der Waals surface area contributed by atoms with Gasteiger partial charge >= 0.3 is 11.4 Å². The summed E-state index contributed by atoms with van der Waals surface area (Å²) in [5.74, 6) is -4.25. The fourth-order valence-corrected chi connectivity index (χ4v) is 6.09. The fourth-order valence-electron chi connectivity index (χ4n) is 5.83. The number of rotatable bonds is 2. The molecule has 4 bridgehead atoms. The largest absolute Gasteiger partial charge is 0.355 e. The third-order valence-corrected chi connectivity index (χ3v) is 8.55. The third kappa shape index (κ3) is 6.17. The van der Waals surface area contributed by atoms with E-state index in [0.29, 0.717) is 47.1 Å². The van der Waals surface area contributed by atoms with Crippen LogP contribution in [0.5, 0.6) is 0 Å². The van der Waals surface area contributed by atoms with E-state index in [0.717, 1.165) is 14.7 Å². The highest BCUT2D eigenvalue weighted by atomic mass is 35.5. The van der Waals surface area contributed by atoms with Gasteiger partial charge in [-0.1, -0.05) is 23.7 Å². The van der Waals surface area contributed by atoms with Gasteiger partial charge in [0.2, 0.25) is 5.95 Å². The molecule has 1 amide bonds. The van der Waals surface area contributed by atoms with Crippen molar-refractivity contribution in [3.8, 4) is 0 Å². The zero-order valence-electron chi connectivity index (χ0n) is 25.8. The van der Waals surface area contributed by atoms with E-state index in [-0.39, 0.29) is 53.5 Å². The third-order valence-electron chi connectivity index (χ3n) is 8.25. The molecule has 2 N–H and O–H groups in total. The van der Waals surface area contributed by atoms with Crippen LogP contribution in [0, 0.1) is 17.5 Å². The zero-order chi connectivity index (χ0) is 34.4. The maximum atomic E-state index is 14.9. The Morgan fingerprint density at radius 2 is 1.82 bits per heavy atom. The van der Waals surface area contributed by atoms with Crippen LogP contribution in [0.4, 0.5) is 24.8 Å². The Hall–Kier alpha value is -5.77. The highest BCUT2D eigenvalue weighted by Gasteiger charge is 2.22. The molecule has 3 aromatic heterocycles. The minimum Gasteiger partial charge on any atom is -0.352 e. The van der Waals surface area contributed by atoms with Crippen LogP contribution < -0.4 is 22.0 Å². The SMILES string of the molecule is Cn1cc2c3c(c(Cl)cc2n1)Nc1nc(=O)n(c(=O)n1Cc1cc(F)c(F)cc1F)Cc1ncnn1CCc1cccc(c1)C(=O)NCC3. The highest BCUT2D eigenvalue weighted by Crippen LogP contribution is 2.35. The first kappa shape index (κ1) is 31.8. The second-order valence-electron chi connectivity index (χ2n) is 11.5. The van der Waals surface area contributed by atoms with Crippen molar-refractivity contribution < 1.29 is 18.0 Å². The number of nitrogens with zero attached hydrogens (tertiary/aromatic N) is 8. The van der Waals surface area contributed by atoms with Crippen molar-refractivity contribution in [2.75, 3.05) is 11.9 Å². The number of hydrogen-bond acceptors (Lipinski definition) is 8. The minimum absolute atomic E-state index is 0.142. The average Bonchev–Trinajstić information content (AvgIpc) is 3.68. The lowest BCUT2D eigenvalue weighted by Crippen LogP contribution is -2.43. The number of benzene rings is 3. The molecule has 250 valence electrons. The number of carbonyl (C=O) groups is 1. The van der Waals surface area contributed by atoms with Gasteiger partial charge in [-0.2, -0.15) is 15.2 Å². The second-order valence-corrected chi connectivity index (χ2v) is 11.9. The van der Waals surface area contributed by atoms with Crippen molar-refractivity contribution in [1.82, 2.24) is 44.0 Å². The van der Waals surface area contributed by atoms with Crippen molar-refractivity contribution in [3.63, 3.8) is 0 Å². The van der Waals surface area contributed by atoms with Crippen molar-refractivity contribution in [2.45, 2.75) is 32.5 Å². The summed E-state index contributed by atoms with van der Waals surface area (Å²) in [7, 11) is 1.72. The first-order chi connectivity index (χ1) is 23.5. The van der Waals surface area contributed by atoms with E-state index in [2.05, 4.69) is 30.8 Å². The molecule has 8 rings (SSSR count). The molecule has 3 aromatic carbocycles. The quantitative estimate of drug-likeness (QED) is 0.263. The molecule has 0 atom stereocenters. The molecule has 0 saturated carbocycles. The molecule has 0 spiro atoms. The first-order valence-corrected chi connectivity index (χ1v) is 15.4. The average molecular weight is 691 g/mol. The van der Waals surface area contributed by atoms with E-state index in [1.165, 1.54) is 11.0 Å². The smallest absolute Gasteiger partial charge is 0.352 e. The molecular formula is C32H26ClF3N10O3. The Balaban J connectivity index is 1.42. The van der Waals surface area contributed by atoms with E-state index >= 15 is 0 Å². The van der Waals surface area contributed by atoms with E-state index in [1.54, 1.807) is 42.2 Å². The molecule has 17 heteroatoms. The molecule has 0 aliphatic carbocycles. The number of carbonyl (C=O) groups excluding carboxylic acids is 1. The summed E-state index contributed by atoms with van der Waals surface area (Å²) in [6.07, 6.45) is 3.69. The monoisotopic (exact) mass is 690 g/mol. The normalized spacial score (nSPS) is 13.6. The Bertz CT molecular complexity index is 2400. The zero-order valence-corrected chi connectivity index (χ0v) is 26.5. The second kappa shape index (κ2) is 12.7. The van der Waals surface area contributed by atoms with Crippen LogP contribution in [0.15, 0.2) is 64.6 Å². The Kier molecular flexibility index (Phi) is 8.23. The summed E-state index contributed by atoms with van der Waals surface area (Å²) >= 11 is 6.76. The standard InChI is InChI=1S/C32H26ClF3N10O3/c1-43-14-21-20-5-7-37-29(47)18-4-2-3-17(9-18)6-8-46-27(38-16-39-46)15-45-31(48)41-30(40-28(20)22(33)11-26(21)42-43)44(32(45)49)13-19-10-24(35)25(36)12-23(19)34/h2-4,9-12,14,16H,5-8,13,15H2,1H3,(H,37,47)(H,40,41,48). The number of nitrogens with one attached hydrogen (secondary N) is 2. The molecule has 49 heavy (non-hydrogen) atoms. The molecule has 6 aromatic rings. The number of hydrogen-bond donors (Lipinski definition) is 2. The molecule has 0 radical (unpaired) electrons. The van der Waals surface area contributed by atoms with Crippen molar-refractivity contribution in [3.05, 3.63) is 127 Å². The summed E-state index contributed by atoms with van der Waals surface area (Å²) in [5, 5.41) is 15.4. The van der Waals surface area contributed by atoms with Gasteiger partial charge in [0.15, 0.2) is 11.6 Å². The maximum Gasteiger partial charge on any atom is 0.355 e. The summed E-state index contributed by atoms with van der Waals surface area (Å²) in [5.41, 5.74) is 0.348. The number of anilines is 2. The Labute approximate surface area is 279 Å². The van der Waals surface area contributed by atoms with Crippen LogP contribution in [0.1, 0.15) is 32.9 Å². The molecular weight excluding hydrogens is 665 g/mol. The van der Waals surface area contributed by atoms with Gasteiger partial charge in [-0.3, -0.25) is 14.0 Å². The van der Waals surface area contributed by atoms with Gasteiger partial charge in [-0.25, -0.2) is 37.0 Å². The summed E-state index contributed by atoms with van der Waals surface area (Å²) < 4.78 is 47.8. The summed E-state index contributed by atoms with van der Waals surface area (Å²) in [6, 6.07) is 9.70. The molecule has 0 fully saturated rings. The van der Waals surface area contributed by atoms with E-state index in [9.17, 15) is 27.6 Å². The van der Waals surface area contributed by atoms with Gasteiger partial charge in [0.05, 0.1) is 29.3 Å². The Morgan fingerprint density at radius 1 is 1.00 bits per heavy atom. The van der Waals surface area contributed by atoms with Crippen LogP contribution in [0.25, 0.3) is 10.9 Å². The van der Waals surface area contributed by atoms with Gasteiger partial charge in [0.1, 0.15) is 18.0 Å². The van der Waals surface area contributed by atoms with Gasteiger partial charge < -0.3 is 10.6 Å². The summed E-state index contributed by atoms with van der Waals surface area (Å²) in [4.78, 5) is 49.2. The molecule has 2 aliphatic rings. The summed E-state index contributed by atoms with van der Waals surface area (Å²) in [6.45, 7) is -0.545. The van der Waals surface area contributed by atoms with Gasteiger partial charge in [-0.05, 0) is 48.2 Å². The van der Waals surface area contributed by atoms with E-state index in [1.807, 2.05) is 6.07 Å². The minimum atomic E-state index is -1.40. The molecule has 5 heterocycles. The predicted molar refractivity (Wildman–Crippen MR) is 172 cm³/mol. The number of amides is 1. The van der Waals surface area contributed by atoms with Crippen molar-refractivity contribution >= 4 is 40.0 Å². The van der Waals surface area contributed by atoms with Crippen molar-refractivity contribution in [2.24, 2.45) is 7.05 Å². The van der Waals surface area contributed by atoms with Crippen LogP contribution in [-0.2, 0) is 39.5 Å².